The molecule has 0 bridgehead atoms. The van der Waals surface area contributed by atoms with Crippen LogP contribution in [0, 0.1) is 0 Å². The fourth-order valence-electron chi connectivity index (χ4n) is 1.10. The van der Waals surface area contributed by atoms with Gasteiger partial charge in [0.2, 0.25) is 0 Å². The number of rotatable bonds is 5. The molecule has 0 unspecified atom stereocenters. The zero-order valence-corrected chi connectivity index (χ0v) is 9.83. The van der Waals surface area contributed by atoms with E-state index in [0.717, 1.165) is 16.8 Å². The SMILES string of the molecule is C=C\C=N/C(=C\C)C(/C=C\C)=C\C(=C)C. The number of hydrogen-bond donors (Lipinski definition) is 0. The number of nitrogens with zero attached hydrogens (tertiary/aromatic N) is 1. The molecule has 0 aliphatic heterocycles. The Morgan fingerprint density at radius 2 is 1.93 bits per heavy atom. The Balaban J connectivity index is 5.13. The smallest absolute Gasteiger partial charge is 0.0659 e. The molecule has 0 fully saturated rings. The van der Waals surface area contributed by atoms with Gasteiger partial charge in [0.05, 0.1) is 5.70 Å². The lowest BCUT2D eigenvalue weighted by Gasteiger charge is -2.02. The zero-order valence-electron chi connectivity index (χ0n) is 9.83. The Labute approximate surface area is 92.9 Å². The number of allylic oxidation sites excluding steroid dienone is 6. The summed E-state index contributed by atoms with van der Waals surface area (Å²) in [6.45, 7) is 13.4. The van der Waals surface area contributed by atoms with Crippen molar-refractivity contribution in [2.45, 2.75) is 20.8 Å². The monoisotopic (exact) mass is 201 g/mol. The van der Waals surface area contributed by atoms with Crippen molar-refractivity contribution in [2.24, 2.45) is 4.99 Å². The minimum atomic E-state index is 0.927. The topological polar surface area (TPSA) is 12.4 Å². The largest absolute Gasteiger partial charge is 0.257 e. The maximum absolute atomic E-state index is 4.29. The highest BCUT2D eigenvalue weighted by molar-refractivity contribution is 5.72. The molecule has 0 aromatic heterocycles. The molecule has 0 saturated heterocycles. The lowest BCUT2D eigenvalue weighted by Crippen LogP contribution is -1.85. The minimum Gasteiger partial charge on any atom is -0.257 e. The first kappa shape index (κ1) is 13.4. The van der Waals surface area contributed by atoms with Gasteiger partial charge in [-0.2, -0.15) is 0 Å². The highest BCUT2D eigenvalue weighted by Crippen LogP contribution is 2.15. The van der Waals surface area contributed by atoms with Crippen LogP contribution < -0.4 is 0 Å². The molecular formula is C14H19N. The second-order valence-corrected chi connectivity index (χ2v) is 3.13. The van der Waals surface area contributed by atoms with Gasteiger partial charge in [0.15, 0.2) is 0 Å². The van der Waals surface area contributed by atoms with Crippen molar-refractivity contribution in [3.8, 4) is 0 Å². The van der Waals surface area contributed by atoms with E-state index in [9.17, 15) is 0 Å². The lowest BCUT2D eigenvalue weighted by molar-refractivity contribution is 1.32. The highest BCUT2D eigenvalue weighted by Gasteiger charge is 1.97. The van der Waals surface area contributed by atoms with Gasteiger partial charge in [-0.1, -0.05) is 49.1 Å². The molecule has 80 valence electrons. The van der Waals surface area contributed by atoms with Gasteiger partial charge in [-0.3, -0.25) is 4.99 Å². The van der Waals surface area contributed by atoms with Crippen LogP contribution in [0.2, 0.25) is 0 Å². The van der Waals surface area contributed by atoms with Gasteiger partial charge in [0.1, 0.15) is 0 Å². The molecule has 15 heavy (non-hydrogen) atoms. The molecule has 0 atom stereocenters. The summed E-state index contributed by atoms with van der Waals surface area (Å²) in [7, 11) is 0. The lowest BCUT2D eigenvalue weighted by atomic mass is 10.1. The Hall–Kier alpha value is -1.63. The number of hydrogen-bond acceptors (Lipinski definition) is 1. The van der Waals surface area contributed by atoms with Crippen molar-refractivity contribution in [1.29, 1.82) is 0 Å². The Morgan fingerprint density at radius 1 is 1.27 bits per heavy atom. The van der Waals surface area contributed by atoms with E-state index in [4.69, 9.17) is 0 Å². The molecule has 0 aromatic rings. The molecular weight excluding hydrogens is 182 g/mol. The molecule has 0 saturated carbocycles. The average Bonchev–Trinajstić information content (AvgIpc) is 2.18. The van der Waals surface area contributed by atoms with Gasteiger partial charge in [0.25, 0.3) is 0 Å². The van der Waals surface area contributed by atoms with Crippen LogP contribution in [0.25, 0.3) is 0 Å². The van der Waals surface area contributed by atoms with Crippen LogP contribution in [0.3, 0.4) is 0 Å². The van der Waals surface area contributed by atoms with E-state index in [1.54, 1.807) is 12.3 Å². The minimum absolute atomic E-state index is 0.927. The predicted molar refractivity (Wildman–Crippen MR) is 70.2 cm³/mol. The maximum atomic E-state index is 4.29. The summed E-state index contributed by atoms with van der Waals surface area (Å²) in [6.07, 6.45) is 11.3. The first-order chi connectivity index (χ1) is 7.15. The normalized spacial score (nSPS) is 13.8. The molecule has 0 aliphatic rings. The fraction of sp³-hybridized carbons (Fsp3) is 0.214. The van der Waals surface area contributed by atoms with E-state index in [1.165, 1.54) is 0 Å². The van der Waals surface area contributed by atoms with Crippen LogP contribution in [0.5, 0.6) is 0 Å². The fourth-order valence-corrected chi connectivity index (χ4v) is 1.10. The van der Waals surface area contributed by atoms with E-state index in [-0.39, 0.29) is 0 Å². The Kier molecular flexibility index (Phi) is 6.90. The van der Waals surface area contributed by atoms with Crippen molar-refractivity contribution in [3.05, 3.63) is 60.4 Å². The summed E-state index contributed by atoms with van der Waals surface area (Å²) in [5, 5.41) is 0. The van der Waals surface area contributed by atoms with Gasteiger partial charge < -0.3 is 0 Å². The highest BCUT2D eigenvalue weighted by atomic mass is 14.7. The first-order valence-corrected chi connectivity index (χ1v) is 4.97. The van der Waals surface area contributed by atoms with Gasteiger partial charge in [0, 0.05) is 6.21 Å². The molecule has 0 spiro atoms. The quantitative estimate of drug-likeness (QED) is 0.466. The summed E-state index contributed by atoms with van der Waals surface area (Å²) in [5.74, 6) is 0. The summed E-state index contributed by atoms with van der Waals surface area (Å²) in [6, 6.07) is 0. The summed E-state index contributed by atoms with van der Waals surface area (Å²) in [4.78, 5) is 4.29. The molecule has 0 aliphatic carbocycles. The molecule has 0 rings (SSSR count). The summed E-state index contributed by atoms with van der Waals surface area (Å²) in [5.41, 5.74) is 3.00. The van der Waals surface area contributed by atoms with Crippen LogP contribution in [0.4, 0.5) is 0 Å². The Morgan fingerprint density at radius 3 is 2.33 bits per heavy atom. The van der Waals surface area contributed by atoms with E-state index < -0.39 is 0 Å². The van der Waals surface area contributed by atoms with Crippen molar-refractivity contribution in [2.75, 3.05) is 0 Å². The van der Waals surface area contributed by atoms with Crippen molar-refractivity contribution >= 4 is 6.21 Å². The van der Waals surface area contributed by atoms with E-state index in [1.807, 2.05) is 45.1 Å². The average molecular weight is 201 g/mol. The standard InChI is InChI=1S/C14H19N/c1-6-9-13(11-12(4)5)14(8-3)15-10-7-2/h6-11H,2,4H2,1,3,5H3/b9-6-,13-11-,14-8-,15-10-. The van der Waals surface area contributed by atoms with Gasteiger partial charge in [-0.25, -0.2) is 0 Å². The second-order valence-electron chi connectivity index (χ2n) is 3.13. The molecule has 1 heteroatoms. The van der Waals surface area contributed by atoms with Crippen molar-refractivity contribution < 1.29 is 0 Å². The van der Waals surface area contributed by atoms with Crippen LogP contribution in [0.15, 0.2) is 65.4 Å². The number of aliphatic imine (C=N–C) groups is 1. The summed E-state index contributed by atoms with van der Waals surface area (Å²) >= 11 is 0. The molecule has 0 aromatic carbocycles. The van der Waals surface area contributed by atoms with Crippen LogP contribution >= 0.6 is 0 Å². The first-order valence-electron chi connectivity index (χ1n) is 4.97. The van der Waals surface area contributed by atoms with Gasteiger partial charge in [-0.05, 0) is 26.3 Å². The Bertz CT molecular complexity index is 338. The third-order valence-electron chi connectivity index (χ3n) is 1.64. The van der Waals surface area contributed by atoms with Crippen LogP contribution in [-0.4, -0.2) is 6.21 Å². The maximum Gasteiger partial charge on any atom is 0.0659 e. The van der Waals surface area contributed by atoms with Crippen LogP contribution in [-0.2, 0) is 0 Å². The van der Waals surface area contributed by atoms with Crippen molar-refractivity contribution in [1.82, 2.24) is 0 Å². The van der Waals surface area contributed by atoms with E-state index in [2.05, 4.69) is 18.2 Å². The van der Waals surface area contributed by atoms with Crippen molar-refractivity contribution in [3.63, 3.8) is 0 Å². The zero-order chi connectivity index (χ0) is 11.7. The second kappa shape index (κ2) is 7.74. The van der Waals surface area contributed by atoms with Gasteiger partial charge in [-0.15, -0.1) is 0 Å². The van der Waals surface area contributed by atoms with Crippen LogP contribution in [0.1, 0.15) is 20.8 Å². The third-order valence-corrected chi connectivity index (χ3v) is 1.64. The van der Waals surface area contributed by atoms with E-state index >= 15 is 0 Å². The van der Waals surface area contributed by atoms with Gasteiger partial charge >= 0.3 is 0 Å². The molecule has 0 amide bonds. The predicted octanol–water partition coefficient (Wildman–Crippen LogP) is 4.23. The molecule has 0 radical (unpaired) electrons. The molecule has 1 nitrogen and oxygen atoms in total. The summed E-state index contributed by atoms with van der Waals surface area (Å²) < 4.78 is 0. The van der Waals surface area contributed by atoms with E-state index in [0.29, 0.717) is 0 Å². The molecule has 0 heterocycles. The third kappa shape index (κ3) is 5.63. The molecule has 0 N–H and O–H groups in total.